The minimum Gasteiger partial charge on any atom is -0.372 e. The molecule has 0 spiro atoms. The summed E-state index contributed by atoms with van der Waals surface area (Å²) in [7, 11) is -1.80. The maximum absolute atomic E-state index is 11.2. The summed E-state index contributed by atoms with van der Waals surface area (Å²) >= 11 is 0. The lowest BCUT2D eigenvalue weighted by molar-refractivity contribution is 0.593. The molecule has 17 heavy (non-hydrogen) atoms. The topological polar surface area (TPSA) is 76.3 Å². The molecule has 0 aliphatic rings. The van der Waals surface area contributed by atoms with Gasteiger partial charge in [-0.1, -0.05) is 13.3 Å². The highest BCUT2D eigenvalue weighted by atomic mass is 32.2. The lowest BCUT2D eigenvalue weighted by Crippen LogP contribution is -2.29. The van der Waals surface area contributed by atoms with Crippen LogP contribution in [0.1, 0.15) is 26.7 Å². The van der Waals surface area contributed by atoms with E-state index in [-0.39, 0.29) is 5.03 Å². The molecule has 0 saturated heterocycles. The molecule has 0 bridgehead atoms. The van der Waals surface area contributed by atoms with Crippen LogP contribution in [-0.4, -0.2) is 26.5 Å². The second kappa shape index (κ2) is 5.46. The van der Waals surface area contributed by atoms with Crippen molar-refractivity contribution in [3.05, 3.63) is 18.3 Å². The maximum Gasteiger partial charge on any atom is 0.255 e. The fraction of sp³-hybridized carbons (Fsp3) is 0.545. The van der Waals surface area contributed by atoms with Crippen LogP contribution < -0.4 is 10.0 Å². The summed E-state index contributed by atoms with van der Waals surface area (Å²) in [6.07, 6.45) is 3.59. The molecule has 1 aromatic heterocycles. The molecule has 0 aliphatic heterocycles. The van der Waals surface area contributed by atoms with Gasteiger partial charge in [0.1, 0.15) is 0 Å². The number of aromatic nitrogens is 1. The van der Waals surface area contributed by atoms with Crippen LogP contribution in [0.3, 0.4) is 0 Å². The van der Waals surface area contributed by atoms with Crippen LogP contribution in [0.2, 0.25) is 0 Å². The van der Waals surface area contributed by atoms with Crippen LogP contribution in [0.4, 0.5) is 5.69 Å². The molecule has 1 heterocycles. The second-order valence-corrected chi connectivity index (χ2v) is 5.65. The second-order valence-electron chi connectivity index (χ2n) is 4.15. The number of rotatable bonds is 5. The lowest BCUT2D eigenvalue weighted by atomic mass is 10.1. The van der Waals surface area contributed by atoms with E-state index in [1.54, 1.807) is 6.07 Å². The normalized spacial score (nSPS) is 13.4. The van der Waals surface area contributed by atoms with E-state index in [0.29, 0.717) is 6.04 Å². The number of nitrogens with zero attached hydrogens (tertiary/aromatic N) is 2. The van der Waals surface area contributed by atoms with Gasteiger partial charge in [0, 0.05) is 31.0 Å². The summed E-state index contributed by atoms with van der Waals surface area (Å²) in [6.45, 7) is 4.22. The third kappa shape index (κ3) is 3.67. The number of hydrogen-bond donors (Lipinski definition) is 1. The zero-order valence-electron chi connectivity index (χ0n) is 10.4. The Labute approximate surface area is 103 Å². The Morgan fingerprint density at radius 1 is 1.53 bits per heavy atom. The van der Waals surface area contributed by atoms with Crippen molar-refractivity contribution in [2.24, 2.45) is 5.14 Å². The van der Waals surface area contributed by atoms with E-state index in [9.17, 15) is 8.42 Å². The van der Waals surface area contributed by atoms with Gasteiger partial charge in [-0.05, 0) is 19.4 Å². The van der Waals surface area contributed by atoms with Gasteiger partial charge < -0.3 is 4.90 Å². The summed E-state index contributed by atoms with van der Waals surface area (Å²) < 4.78 is 22.4. The molecule has 96 valence electrons. The van der Waals surface area contributed by atoms with E-state index in [0.717, 1.165) is 18.5 Å². The van der Waals surface area contributed by atoms with E-state index in [1.807, 2.05) is 11.9 Å². The highest BCUT2D eigenvalue weighted by Crippen LogP contribution is 2.19. The molecule has 0 aliphatic carbocycles. The summed E-state index contributed by atoms with van der Waals surface area (Å²) in [5, 5.41) is 4.96. The van der Waals surface area contributed by atoms with Crippen molar-refractivity contribution < 1.29 is 8.42 Å². The molecular formula is C11H19N3O2S. The van der Waals surface area contributed by atoms with Crippen LogP contribution in [0.15, 0.2) is 23.4 Å². The summed E-state index contributed by atoms with van der Waals surface area (Å²) in [5.41, 5.74) is 0.810. The average Bonchev–Trinajstić information content (AvgIpc) is 2.27. The Morgan fingerprint density at radius 3 is 2.71 bits per heavy atom. The predicted octanol–water partition coefficient (Wildman–Crippen LogP) is 1.35. The van der Waals surface area contributed by atoms with Crippen LogP contribution in [0.5, 0.6) is 0 Å². The first-order chi connectivity index (χ1) is 7.86. The third-order valence-electron chi connectivity index (χ3n) is 2.78. The van der Waals surface area contributed by atoms with Crippen LogP contribution in [0.25, 0.3) is 0 Å². The number of sulfonamides is 1. The van der Waals surface area contributed by atoms with Crippen molar-refractivity contribution in [3.8, 4) is 0 Å². The van der Waals surface area contributed by atoms with E-state index in [4.69, 9.17) is 5.14 Å². The van der Waals surface area contributed by atoms with E-state index >= 15 is 0 Å². The van der Waals surface area contributed by atoms with Gasteiger partial charge in [0.2, 0.25) is 0 Å². The fourth-order valence-electron chi connectivity index (χ4n) is 1.64. The Kier molecular flexibility index (Phi) is 4.47. The molecule has 0 saturated carbocycles. The predicted molar refractivity (Wildman–Crippen MR) is 68.4 cm³/mol. The number of anilines is 1. The van der Waals surface area contributed by atoms with Gasteiger partial charge >= 0.3 is 0 Å². The van der Waals surface area contributed by atoms with E-state index in [2.05, 4.69) is 18.8 Å². The number of nitrogens with two attached hydrogens (primary N) is 1. The quantitative estimate of drug-likeness (QED) is 0.864. The molecule has 2 N–H and O–H groups in total. The Morgan fingerprint density at radius 2 is 2.18 bits per heavy atom. The summed E-state index contributed by atoms with van der Waals surface area (Å²) in [6, 6.07) is 3.62. The lowest BCUT2D eigenvalue weighted by Gasteiger charge is -2.26. The maximum atomic E-state index is 11.2. The molecule has 1 aromatic rings. The van der Waals surface area contributed by atoms with Gasteiger partial charge in [-0.15, -0.1) is 0 Å². The molecule has 0 radical (unpaired) electrons. The van der Waals surface area contributed by atoms with Gasteiger partial charge in [0.15, 0.2) is 5.03 Å². The molecule has 0 aromatic carbocycles. The Bertz CT molecular complexity index is 473. The first-order valence-corrected chi connectivity index (χ1v) is 7.12. The molecule has 1 atom stereocenters. The summed E-state index contributed by atoms with van der Waals surface area (Å²) in [5.74, 6) is 0. The third-order valence-corrected chi connectivity index (χ3v) is 3.59. The van der Waals surface area contributed by atoms with Gasteiger partial charge in [-0.25, -0.2) is 18.5 Å². The van der Waals surface area contributed by atoms with Gasteiger partial charge in [-0.3, -0.25) is 0 Å². The zero-order valence-corrected chi connectivity index (χ0v) is 11.2. The fourth-order valence-corrected chi connectivity index (χ4v) is 2.13. The minimum absolute atomic E-state index is 0.0921. The van der Waals surface area contributed by atoms with Crippen molar-refractivity contribution in [2.75, 3.05) is 11.9 Å². The van der Waals surface area contributed by atoms with Gasteiger partial charge in [0.25, 0.3) is 10.0 Å². The molecule has 6 heteroatoms. The average molecular weight is 257 g/mol. The van der Waals surface area contributed by atoms with Crippen molar-refractivity contribution >= 4 is 15.7 Å². The highest BCUT2D eigenvalue weighted by molar-refractivity contribution is 7.89. The monoisotopic (exact) mass is 257 g/mol. The zero-order chi connectivity index (χ0) is 13.1. The molecule has 5 nitrogen and oxygen atoms in total. The minimum atomic E-state index is -3.73. The first-order valence-electron chi connectivity index (χ1n) is 5.58. The van der Waals surface area contributed by atoms with Gasteiger partial charge in [-0.2, -0.15) is 0 Å². The largest absolute Gasteiger partial charge is 0.372 e. The van der Waals surface area contributed by atoms with Crippen molar-refractivity contribution in [1.29, 1.82) is 0 Å². The van der Waals surface area contributed by atoms with E-state index < -0.39 is 10.0 Å². The molecule has 1 rings (SSSR count). The highest BCUT2D eigenvalue weighted by Gasteiger charge is 2.14. The smallest absolute Gasteiger partial charge is 0.255 e. The van der Waals surface area contributed by atoms with Crippen molar-refractivity contribution in [1.82, 2.24) is 4.98 Å². The molecule has 0 fully saturated rings. The molecular weight excluding hydrogens is 238 g/mol. The number of pyridine rings is 1. The van der Waals surface area contributed by atoms with Crippen molar-refractivity contribution in [2.45, 2.75) is 37.8 Å². The first kappa shape index (κ1) is 13.9. The number of primary sulfonamides is 1. The summed E-state index contributed by atoms with van der Waals surface area (Å²) in [4.78, 5) is 5.79. The van der Waals surface area contributed by atoms with E-state index in [1.165, 1.54) is 12.3 Å². The van der Waals surface area contributed by atoms with Crippen LogP contribution >= 0.6 is 0 Å². The van der Waals surface area contributed by atoms with Crippen LogP contribution in [0, 0.1) is 0 Å². The standard InChI is InChI=1S/C11H19N3O2S/c1-4-5-9(2)14(3)10-6-7-13-11(8-10)17(12,15)16/h6-9H,4-5H2,1-3H3,(H2,12,15,16). The Hall–Kier alpha value is -1.14. The number of hydrogen-bond acceptors (Lipinski definition) is 4. The SMILES string of the molecule is CCCC(C)N(C)c1ccnc(S(N)(=O)=O)c1. The molecule has 0 amide bonds. The van der Waals surface area contributed by atoms with Crippen LogP contribution in [-0.2, 0) is 10.0 Å². The van der Waals surface area contributed by atoms with Gasteiger partial charge in [0.05, 0.1) is 0 Å². The molecule has 1 unspecified atom stereocenters. The Balaban J connectivity index is 3.00. The van der Waals surface area contributed by atoms with Crippen molar-refractivity contribution in [3.63, 3.8) is 0 Å².